The van der Waals surface area contributed by atoms with Crippen LogP contribution in [0.4, 0.5) is 0 Å². The standard InChI is InChI=1S/C27H31NO7S/c1-12-7-14(11-36-16-5-3-2-4-6-16)22(30)20-17(12)9-13-8-15-10-18(29)21(26(28)34)25(33)27(15,35)24(32)19(13)23(20)31/h7,13,15-16,30-31,33,35H,2-6,8-11H2,1H3,(H2,28,34)/t13-,15+,27+/m1/s1. The maximum Gasteiger partial charge on any atom is 0.255 e. The second-order valence-electron chi connectivity index (χ2n) is 10.5. The van der Waals surface area contributed by atoms with Crippen molar-refractivity contribution in [3.8, 4) is 5.75 Å². The van der Waals surface area contributed by atoms with E-state index in [-0.39, 0.29) is 29.7 Å². The van der Waals surface area contributed by atoms with Gasteiger partial charge in [0.25, 0.3) is 5.91 Å². The molecule has 0 bridgehead atoms. The Morgan fingerprint density at radius 2 is 1.83 bits per heavy atom. The average Bonchev–Trinajstić information content (AvgIpc) is 2.83. The number of benzene rings is 1. The van der Waals surface area contributed by atoms with Gasteiger partial charge in [-0.2, -0.15) is 11.8 Å². The van der Waals surface area contributed by atoms with Gasteiger partial charge in [0.15, 0.2) is 11.4 Å². The zero-order valence-electron chi connectivity index (χ0n) is 20.2. The maximum atomic E-state index is 13.6. The number of thioether (sulfide) groups is 1. The lowest BCUT2D eigenvalue weighted by Gasteiger charge is -2.46. The number of aryl methyl sites for hydroxylation is 1. The number of carbonyl (C=O) groups excluding carboxylic acids is 3. The predicted molar refractivity (Wildman–Crippen MR) is 134 cm³/mol. The molecule has 4 aliphatic carbocycles. The number of fused-ring (bicyclic) bond motifs is 3. The van der Waals surface area contributed by atoms with Crippen molar-refractivity contribution < 1.29 is 34.8 Å². The quantitative estimate of drug-likeness (QED) is 0.384. The topological polar surface area (TPSA) is 158 Å². The predicted octanol–water partition coefficient (Wildman–Crippen LogP) is 3.30. The first kappa shape index (κ1) is 24.9. The number of phenols is 1. The molecule has 0 spiro atoms. The number of Topliss-reactive ketones (excluding diaryl/α,β-unsaturated/α-hetero) is 2. The molecule has 0 aliphatic heterocycles. The van der Waals surface area contributed by atoms with E-state index in [1.807, 2.05) is 13.0 Å². The molecule has 36 heavy (non-hydrogen) atoms. The van der Waals surface area contributed by atoms with Crippen molar-refractivity contribution in [2.45, 2.75) is 74.9 Å². The van der Waals surface area contributed by atoms with Crippen molar-refractivity contribution in [3.05, 3.63) is 45.2 Å². The van der Waals surface area contributed by atoms with Crippen molar-refractivity contribution in [2.24, 2.45) is 17.6 Å². The van der Waals surface area contributed by atoms with Gasteiger partial charge in [-0.3, -0.25) is 14.4 Å². The molecular formula is C27H31NO7S. The minimum Gasteiger partial charge on any atom is -0.508 e. The van der Waals surface area contributed by atoms with Crippen LogP contribution >= 0.6 is 11.8 Å². The van der Waals surface area contributed by atoms with Crippen LogP contribution in [0.15, 0.2) is 23.0 Å². The molecular weight excluding hydrogens is 482 g/mol. The number of aromatic hydroxyl groups is 1. The number of primary amides is 1. The second kappa shape index (κ2) is 8.95. The average molecular weight is 514 g/mol. The van der Waals surface area contributed by atoms with E-state index < -0.39 is 52.0 Å². The number of hydrogen-bond acceptors (Lipinski definition) is 8. The van der Waals surface area contributed by atoms with Gasteiger partial charge in [-0.1, -0.05) is 25.3 Å². The third kappa shape index (κ3) is 3.66. The molecule has 2 fully saturated rings. The van der Waals surface area contributed by atoms with Gasteiger partial charge in [0.2, 0.25) is 5.78 Å². The lowest BCUT2D eigenvalue weighted by Crippen LogP contribution is -2.58. The van der Waals surface area contributed by atoms with Crippen LogP contribution in [0.3, 0.4) is 0 Å². The van der Waals surface area contributed by atoms with Crippen LogP contribution in [0.5, 0.6) is 5.75 Å². The Bertz CT molecular complexity index is 1240. The fourth-order valence-electron chi connectivity index (χ4n) is 6.49. The molecule has 8 nitrogen and oxygen atoms in total. The van der Waals surface area contributed by atoms with Gasteiger partial charge < -0.3 is 26.2 Å². The van der Waals surface area contributed by atoms with Gasteiger partial charge in [0.05, 0.1) is 5.56 Å². The molecule has 0 radical (unpaired) electrons. The number of rotatable bonds is 4. The van der Waals surface area contributed by atoms with E-state index in [0.717, 1.165) is 24.0 Å². The Labute approximate surface area is 213 Å². The van der Waals surface area contributed by atoms with Gasteiger partial charge in [0, 0.05) is 34.5 Å². The summed E-state index contributed by atoms with van der Waals surface area (Å²) in [7, 11) is 0. The second-order valence-corrected chi connectivity index (χ2v) is 11.8. The monoisotopic (exact) mass is 513 g/mol. The summed E-state index contributed by atoms with van der Waals surface area (Å²) in [6.07, 6.45) is 6.12. The first-order chi connectivity index (χ1) is 17.1. The molecule has 3 atom stereocenters. The van der Waals surface area contributed by atoms with Crippen LogP contribution in [0.2, 0.25) is 0 Å². The molecule has 1 aromatic carbocycles. The number of amides is 1. The molecule has 5 rings (SSSR count). The lowest BCUT2D eigenvalue weighted by atomic mass is 9.59. The number of carbonyl (C=O) groups is 3. The summed E-state index contributed by atoms with van der Waals surface area (Å²) in [5.41, 5.74) is 4.29. The van der Waals surface area contributed by atoms with Crippen LogP contribution < -0.4 is 5.73 Å². The summed E-state index contributed by atoms with van der Waals surface area (Å²) in [5, 5.41) is 45.1. The largest absolute Gasteiger partial charge is 0.508 e. The van der Waals surface area contributed by atoms with Crippen LogP contribution in [0.25, 0.3) is 5.76 Å². The highest BCUT2D eigenvalue weighted by atomic mass is 32.2. The Kier molecular flexibility index (Phi) is 6.19. The molecule has 1 amide bonds. The van der Waals surface area contributed by atoms with E-state index in [0.29, 0.717) is 23.0 Å². The Balaban J connectivity index is 1.56. The summed E-state index contributed by atoms with van der Waals surface area (Å²) in [6.45, 7) is 1.91. The molecule has 0 heterocycles. The molecule has 2 saturated carbocycles. The number of nitrogens with two attached hydrogens (primary N) is 1. The van der Waals surface area contributed by atoms with Gasteiger partial charge >= 0.3 is 0 Å². The van der Waals surface area contributed by atoms with Crippen molar-refractivity contribution >= 4 is 35.0 Å². The highest BCUT2D eigenvalue weighted by Crippen LogP contribution is 2.53. The van der Waals surface area contributed by atoms with Gasteiger partial charge in [-0.05, 0) is 49.7 Å². The number of phenolic OH excluding ortho intramolecular Hbond substituents is 1. The van der Waals surface area contributed by atoms with Gasteiger partial charge in [-0.25, -0.2) is 0 Å². The first-order valence-electron chi connectivity index (χ1n) is 12.5. The molecule has 0 unspecified atom stereocenters. The van der Waals surface area contributed by atoms with E-state index in [2.05, 4.69) is 0 Å². The lowest BCUT2D eigenvalue weighted by molar-refractivity contribution is -0.147. The molecule has 6 N–H and O–H groups in total. The van der Waals surface area contributed by atoms with Gasteiger partial charge in [0.1, 0.15) is 22.8 Å². The van der Waals surface area contributed by atoms with Crippen LogP contribution in [0.1, 0.15) is 67.2 Å². The number of ketones is 2. The highest BCUT2D eigenvalue weighted by Gasteiger charge is 2.60. The number of aliphatic hydroxyl groups is 3. The third-order valence-corrected chi connectivity index (χ3v) is 9.81. The Hall–Kier alpha value is -2.78. The zero-order chi connectivity index (χ0) is 25.9. The molecule has 9 heteroatoms. The maximum absolute atomic E-state index is 13.6. The number of hydrogen-bond donors (Lipinski definition) is 5. The molecule has 0 saturated heterocycles. The van der Waals surface area contributed by atoms with E-state index in [1.165, 1.54) is 19.3 Å². The summed E-state index contributed by atoms with van der Waals surface area (Å²) >= 11 is 1.79. The molecule has 0 aromatic heterocycles. The highest BCUT2D eigenvalue weighted by molar-refractivity contribution is 7.99. The van der Waals surface area contributed by atoms with E-state index in [1.54, 1.807) is 11.8 Å². The minimum absolute atomic E-state index is 0.0827. The normalized spacial score (nSPS) is 28.6. The van der Waals surface area contributed by atoms with Crippen LogP contribution in [0, 0.1) is 18.8 Å². The fraction of sp³-hybridized carbons (Fsp3) is 0.519. The minimum atomic E-state index is -2.53. The zero-order valence-corrected chi connectivity index (χ0v) is 21.0. The SMILES string of the molecule is Cc1cc(CSC2CCCCC2)c(O)c2c1C[C@H]1C[C@H]3CC(=O)C(C(N)=O)=C(O)[C@@]3(O)C(=O)C1=C2O. The summed E-state index contributed by atoms with van der Waals surface area (Å²) in [4.78, 5) is 37.8. The summed E-state index contributed by atoms with van der Waals surface area (Å²) in [5.74, 6) is -5.35. The van der Waals surface area contributed by atoms with E-state index in [4.69, 9.17) is 5.73 Å². The Morgan fingerprint density at radius 1 is 1.14 bits per heavy atom. The summed E-state index contributed by atoms with van der Waals surface area (Å²) in [6, 6.07) is 1.93. The van der Waals surface area contributed by atoms with Crippen molar-refractivity contribution in [1.29, 1.82) is 0 Å². The van der Waals surface area contributed by atoms with Crippen molar-refractivity contribution in [2.75, 3.05) is 0 Å². The van der Waals surface area contributed by atoms with Crippen LogP contribution in [-0.2, 0) is 26.6 Å². The van der Waals surface area contributed by atoms with E-state index in [9.17, 15) is 34.8 Å². The smallest absolute Gasteiger partial charge is 0.255 e. The fourth-order valence-corrected chi connectivity index (χ4v) is 7.80. The Morgan fingerprint density at radius 3 is 2.50 bits per heavy atom. The molecule has 192 valence electrons. The van der Waals surface area contributed by atoms with Crippen molar-refractivity contribution in [3.63, 3.8) is 0 Å². The van der Waals surface area contributed by atoms with Crippen molar-refractivity contribution in [1.82, 2.24) is 0 Å². The van der Waals surface area contributed by atoms with Gasteiger partial charge in [-0.15, -0.1) is 0 Å². The molecule has 1 aromatic rings. The van der Waals surface area contributed by atoms with Crippen LogP contribution in [-0.4, -0.2) is 48.8 Å². The number of aliphatic hydroxyl groups excluding tert-OH is 2. The molecule has 4 aliphatic rings. The first-order valence-corrected chi connectivity index (χ1v) is 13.5. The third-order valence-electron chi connectivity index (χ3n) is 8.39. The summed E-state index contributed by atoms with van der Waals surface area (Å²) < 4.78 is 0. The van der Waals surface area contributed by atoms with E-state index >= 15 is 0 Å².